The summed E-state index contributed by atoms with van der Waals surface area (Å²) in [6, 6.07) is 24.9. The molecule has 0 atom stereocenters. The molecule has 0 saturated carbocycles. The van der Waals surface area contributed by atoms with Crippen LogP contribution in [-0.4, -0.2) is 20.9 Å². The Morgan fingerprint density at radius 2 is 1.64 bits per heavy atom. The van der Waals surface area contributed by atoms with Gasteiger partial charge in [0.05, 0.1) is 11.4 Å². The Morgan fingerprint density at radius 1 is 0.929 bits per heavy atom. The molecule has 0 radical (unpaired) electrons. The number of carboxylic acids is 1. The molecule has 0 aliphatic heterocycles. The van der Waals surface area contributed by atoms with E-state index >= 15 is 0 Å². The molecule has 138 valence electrons. The normalized spacial score (nSPS) is 10.8. The minimum atomic E-state index is -1.00. The van der Waals surface area contributed by atoms with Gasteiger partial charge in [-0.25, -0.2) is 9.48 Å². The number of carbonyl (C=O) groups is 1. The van der Waals surface area contributed by atoms with Crippen molar-refractivity contribution in [2.45, 2.75) is 6.92 Å². The molecule has 28 heavy (non-hydrogen) atoms. The number of hydrogen-bond donors (Lipinski definition) is 1. The van der Waals surface area contributed by atoms with Crippen molar-refractivity contribution in [3.05, 3.63) is 94.5 Å². The number of rotatable bonds is 4. The van der Waals surface area contributed by atoms with Gasteiger partial charge in [0.1, 0.15) is 11.3 Å². The molecule has 0 amide bonds. The Labute approximate surface area is 171 Å². The zero-order valence-corrected chi connectivity index (χ0v) is 16.7. The second-order valence-corrected chi connectivity index (χ2v) is 7.42. The molecule has 4 nitrogen and oxygen atoms in total. The molecule has 0 bridgehead atoms. The van der Waals surface area contributed by atoms with E-state index in [2.05, 4.69) is 15.9 Å². The van der Waals surface area contributed by atoms with Crippen LogP contribution in [0.2, 0.25) is 0 Å². The van der Waals surface area contributed by atoms with E-state index < -0.39 is 5.97 Å². The van der Waals surface area contributed by atoms with Crippen molar-refractivity contribution >= 4 is 21.9 Å². The molecule has 0 spiro atoms. The molecule has 5 heteroatoms. The third-order valence-electron chi connectivity index (χ3n) is 4.51. The Kier molecular flexibility index (Phi) is 4.84. The predicted octanol–water partition coefficient (Wildman–Crippen LogP) is 5.98. The summed E-state index contributed by atoms with van der Waals surface area (Å²) in [5.41, 5.74) is 4.66. The first-order valence-corrected chi connectivity index (χ1v) is 9.58. The summed E-state index contributed by atoms with van der Waals surface area (Å²) in [6.07, 6.45) is 0. The number of aromatic nitrogens is 2. The Hall–Kier alpha value is -3.18. The number of carboxylic acid groups (broad SMARTS) is 1. The Morgan fingerprint density at radius 3 is 2.29 bits per heavy atom. The van der Waals surface area contributed by atoms with E-state index in [0.29, 0.717) is 11.4 Å². The SMILES string of the molecule is Cc1cccc(-n2nc(-c3ccc(Br)cc3)c(C(=O)O)c2-c2ccccc2)c1. The first-order valence-electron chi connectivity index (χ1n) is 8.79. The van der Waals surface area contributed by atoms with Gasteiger partial charge in [0.25, 0.3) is 0 Å². The van der Waals surface area contributed by atoms with Gasteiger partial charge in [0.15, 0.2) is 0 Å². The van der Waals surface area contributed by atoms with Gasteiger partial charge in [0.2, 0.25) is 0 Å². The van der Waals surface area contributed by atoms with Crippen molar-refractivity contribution in [3.8, 4) is 28.2 Å². The number of aromatic carboxylic acids is 1. The smallest absolute Gasteiger partial charge is 0.340 e. The fourth-order valence-electron chi connectivity index (χ4n) is 3.24. The van der Waals surface area contributed by atoms with E-state index in [4.69, 9.17) is 5.10 Å². The van der Waals surface area contributed by atoms with E-state index in [1.165, 1.54) is 0 Å². The summed E-state index contributed by atoms with van der Waals surface area (Å²) in [5.74, 6) is -1.00. The molecular formula is C23H17BrN2O2. The van der Waals surface area contributed by atoms with Crippen LogP contribution >= 0.6 is 15.9 Å². The third kappa shape index (κ3) is 3.37. The summed E-state index contributed by atoms with van der Waals surface area (Å²) in [7, 11) is 0. The van der Waals surface area contributed by atoms with Gasteiger partial charge in [-0.2, -0.15) is 5.10 Å². The van der Waals surface area contributed by atoms with Crippen LogP contribution in [0, 0.1) is 6.92 Å². The number of hydrogen-bond acceptors (Lipinski definition) is 2. The second kappa shape index (κ2) is 7.44. The van der Waals surface area contributed by atoms with Crippen LogP contribution in [0.3, 0.4) is 0 Å². The minimum absolute atomic E-state index is 0.190. The zero-order chi connectivity index (χ0) is 19.7. The maximum atomic E-state index is 12.3. The topological polar surface area (TPSA) is 55.1 Å². The molecule has 1 heterocycles. The molecule has 4 rings (SSSR count). The lowest BCUT2D eigenvalue weighted by Crippen LogP contribution is -2.03. The summed E-state index contributed by atoms with van der Waals surface area (Å²) in [5, 5.41) is 14.8. The van der Waals surface area contributed by atoms with Crippen LogP contribution in [0.25, 0.3) is 28.2 Å². The molecule has 0 unspecified atom stereocenters. The third-order valence-corrected chi connectivity index (χ3v) is 5.04. The minimum Gasteiger partial charge on any atom is -0.478 e. The average molecular weight is 433 g/mol. The molecule has 1 N–H and O–H groups in total. The first-order chi connectivity index (χ1) is 13.5. The Balaban J connectivity index is 2.06. The molecule has 0 saturated heterocycles. The van der Waals surface area contributed by atoms with Crippen molar-refractivity contribution < 1.29 is 9.90 Å². The van der Waals surface area contributed by atoms with Gasteiger partial charge in [-0.3, -0.25) is 0 Å². The quantitative estimate of drug-likeness (QED) is 0.431. The number of benzene rings is 3. The highest BCUT2D eigenvalue weighted by molar-refractivity contribution is 9.10. The number of nitrogens with zero attached hydrogens (tertiary/aromatic N) is 2. The van der Waals surface area contributed by atoms with E-state index in [-0.39, 0.29) is 5.56 Å². The van der Waals surface area contributed by atoms with Crippen LogP contribution < -0.4 is 0 Å². The van der Waals surface area contributed by atoms with Crippen LogP contribution in [-0.2, 0) is 0 Å². The lowest BCUT2D eigenvalue weighted by molar-refractivity contribution is 0.0698. The van der Waals surface area contributed by atoms with Gasteiger partial charge in [0, 0.05) is 15.6 Å². The van der Waals surface area contributed by atoms with E-state index in [1.807, 2.05) is 85.8 Å². The summed E-state index contributed by atoms with van der Waals surface area (Å²) < 4.78 is 2.65. The average Bonchev–Trinajstić information content (AvgIpc) is 3.10. The van der Waals surface area contributed by atoms with E-state index in [1.54, 1.807) is 4.68 Å². The van der Waals surface area contributed by atoms with E-state index in [9.17, 15) is 9.90 Å². The molecular weight excluding hydrogens is 416 g/mol. The van der Waals surface area contributed by atoms with Crippen molar-refractivity contribution in [2.24, 2.45) is 0 Å². The largest absolute Gasteiger partial charge is 0.478 e. The molecule has 4 aromatic rings. The molecule has 0 aliphatic rings. The summed E-state index contributed by atoms with van der Waals surface area (Å²) >= 11 is 3.42. The standard InChI is InChI=1S/C23H17BrN2O2/c1-15-6-5-9-19(14-15)26-22(17-7-3-2-4-8-17)20(23(27)28)21(25-26)16-10-12-18(24)13-11-16/h2-14H,1H3,(H,27,28). The first kappa shape index (κ1) is 18.2. The zero-order valence-electron chi connectivity index (χ0n) is 15.1. The predicted molar refractivity (Wildman–Crippen MR) is 114 cm³/mol. The van der Waals surface area contributed by atoms with Crippen molar-refractivity contribution in [1.29, 1.82) is 0 Å². The van der Waals surface area contributed by atoms with Crippen LogP contribution in [0.1, 0.15) is 15.9 Å². The highest BCUT2D eigenvalue weighted by Crippen LogP contribution is 2.35. The number of aryl methyl sites for hydroxylation is 1. The van der Waals surface area contributed by atoms with Crippen molar-refractivity contribution in [2.75, 3.05) is 0 Å². The lowest BCUT2D eigenvalue weighted by atomic mass is 10.0. The molecule has 0 fully saturated rings. The molecule has 3 aromatic carbocycles. The van der Waals surface area contributed by atoms with Crippen molar-refractivity contribution in [1.82, 2.24) is 9.78 Å². The van der Waals surface area contributed by atoms with Crippen molar-refractivity contribution in [3.63, 3.8) is 0 Å². The summed E-state index contributed by atoms with van der Waals surface area (Å²) in [6.45, 7) is 2.00. The highest BCUT2D eigenvalue weighted by atomic mass is 79.9. The monoisotopic (exact) mass is 432 g/mol. The van der Waals surface area contributed by atoms with Crippen LogP contribution in [0.15, 0.2) is 83.3 Å². The van der Waals surface area contributed by atoms with Crippen LogP contribution in [0.5, 0.6) is 0 Å². The fraction of sp³-hybridized carbons (Fsp3) is 0.0435. The fourth-order valence-corrected chi connectivity index (χ4v) is 3.50. The molecule has 1 aromatic heterocycles. The van der Waals surface area contributed by atoms with Gasteiger partial charge in [-0.1, -0.05) is 70.5 Å². The van der Waals surface area contributed by atoms with E-state index in [0.717, 1.165) is 26.9 Å². The van der Waals surface area contributed by atoms with Gasteiger partial charge < -0.3 is 5.11 Å². The Bertz CT molecular complexity index is 1150. The lowest BCUT2D eigenvalue weighted by Gasteiger charge is -2.09. The van der Waals surface area contributed by atoms with Gasteiger partial charge in [-0.15, -0.1) is 0 Å². The highest BCUT2D eigenvalue weighted by Gasteiger charge is 2.26. The number of halogens is 1. The second-order valence-electron chi connectivity index (χ2n) is 6.50. The molecule has 0 aliphatic carbocycles. The maximum Gasteiger partial charge on any atom is 0.340 e. The van der Waals surface area contributed by atoms with Gasteiger partial charge >= 0.3 is 5.97 Å². The maximum absolute atomic E-state index is 12.3. The van der Waals surface area contributed by atoms with Gasteiger partial charge in [-0.05, 0) is 36.8 Å². The van der Waals surface area contributed by atoms with Crippen LogP contribution in [0.4, 0.5) is 0 Å². The summed E-state index contributed by atoms with van der Waals surface area (Å²) in [4.78, 5) is 12.3.